The number of hydrogen-bond acceptors (Lipinski definition) is 8. The van der Waals surface area contributed by atoms with Crippen molar-refractivity contribution in [2.45, 2.75) is 115 Å². The van der Waals surface area contributed by atoms with Crippen LogP contribution in [0.5, 0.6) is 0 Å². The van der Waals surface area contributed by atoms with Gasteiger partial charge in [0.05, 0.1) is 12.3 Å². The van der Waals surface area contributed by atoms with Crippen molar-refractivity contribution in [1.82, 2.24) is 10.2 Å². The molecule has 4 heterocycles. The predicted octanol–water partition coefficient (Wildman–Crippen LogP) is 3.86. The zero-order valence-electron chi connectivity index (χ0n) is 26.4. The number of nitrogens with one attached hydrogen (secondary N) is 1. The van der Waals surface area contributed by atoms with Gasteiger partial charge in [0.15, 0.2) is 0 Å². The summed E-state index contributed by atoms with van der Waals surface area (Å²) < 4.78 is 19.6. The first kappa shape index (κ1) is 30.8. The maximum atomic E-state index is 13.4. The van der Waals surface area contributed by atoms with Crippen LogP contribution < -0.4 is 11.1 Å². The summed E-state index contributed by atoms with van der Waals surface area (Å²) in [6, 6.07) is 0. The Balaban J connectivity index is 1.32. The molecule has 238 valence electrons. The molecule has 0 radical (unpaired) electrons. The fourth-order valence-corrected chi connectivity index (χ4v) is 9.12. The van der Waals surface area contributed by atoms with E-state index in [0.29, 0.717) is 56.1 Å². The minimum atomic E-state index is -0.900. The van der Waals surface area contributed by atoms with Crippen LogP contribution in [-0.4, -0.2) is 72.0 Å². The van der Waals surface area contributed by atoms with E-state index in [0.717, 1.165) is 38.8 Å². The van der Waals surface area contributed by atoms with Crippen LogP contribution in [-0.2, 0) is 28.6 Å². The smallest absolute Gasteiger partial charge is 0.334 e. The third kappa shape index (κ3) is 5.59. The average Bonchev–Trinajstić information content (AvgIpc) is 3.32. The average molecular weight is 598 g/mol. The van der Waals surface area contributed by atoms with Gasteiger partial charge in [-0.05, 0) is 82.5 Å². The van der Waals surface area contributed by atoms with Crippen molar-refractivity contribution >= 4 is 17.8 Å². The molecule has 6 rings (SSSR count). The molecule has 4 saturated heterocycles. The van der Waals surface area contributed by atoms with Crippen molar-refractivity contribution < 1.29 is 28.6 Å². The highest BCUT2D eigenvalue weighted by Gasteiger charge is 2.66. The molecule has 6 aliphatic rings. The molecule has 5 fully saturated rings. The van der Waals surface area contributed by atoms with Gasteiger partial charge in [0.2, 0.25) is 5.91 Å². The third-order valence-electron chi connectivity index (χ3n) is 12.0. The van der Waals surface area contributed by atoms with Gasteiger partial charge in [-0.1, -0.05) is 25.2 Å². The molecule has 0 aromatic carbocycles. The zero-order chi connectivity index (χ0) is 30.5. The fraction of sp³-hybridized carbons (Fsp3) is 0.794. The van der Waals surface area contributed by atoms with Gasteiger partial charge in [-0.25, -0.2) is 4.79 Å². The van der Waals surface area contributed by atoms with Crippen molar-refractivity contribution in [2.75, 3.05) is 19.6 Å². The lowest BCUT2D eigenvalue weighted by Crippen LogP contribution is -2.64. The van der Waals surface area contributed by atoms with Crippen molar-refractivity contribution in [3.8, 4) is 0 Å². The molecule has 4 aliphatic heterocycles. The lowest BCUT2D eigenvalue weighted by atomic mass is 9.58. The normalized spacial score (nSPS) is 43.0. The molecule has 1 spiro atoms. The van der Waals surface area contributed by atoms with Crippen LogP contribution in [0, 0.1) is 35.5 Å². The van der Waals surface area contributed by atoms with E-state index in [4.69, 9.17) is 19.9 Å². The van der Waals surface area contributed by atoms with Gasteiger partial charge in [-0.3, -0.25) is 9.59 Å². The minimum Gasteiger partial charge on any atom is -0.462 e. The number of amides is 1. The Morgan fingerprint density at radius 2 is 2.00 bits per heavy atom. The Bertz CT molecular complexity index is 1160. The number of nitrogens with two attached hydrogens (primary N) is 1. The fourth-order valence-electron chi connectivity index (χ4n) is 9.12. The summed E-state index contributed by atoms with van der Waals surface area (Å²) in [6.45, 7) is 10.2. The molecule has 9 heteroatoms. The van der Waals surface area contributed by atoms with Crippen molar-refractivity contribution in [1.29, 1.82) is 0 Å². The van der Waals surface area contributed by atoms with Gasteiger partial charge >= 0.3 is 11.9 Å². The summed E-state index contributed by atoms with van der Waals surface area (Å²) >= 11 is 0. The largest absolute Gasteiger partial charge is 0.462 e. The lowest BCUT2D eigenvalue weighted by Gasteiger charge is -2.55. The summed E-state index contributed by atoms with van der Waals surface area (Å²) in [5.41, 5.74) is 5.45. The van der Waals surface area contributed by atoms with Gasteiger partial charge in [0.1, 0.15) is 17.3 Å². The molecule has 1 amide bonds. The van der Waals surface area contributed by atoms with Crippen LogP contribution in [0.2, 0.25) is 0 Å². The maximum absolute atomic E-state index is 13.4. The number of rotatable bonds is 6. The summed E-state index contributed by atoms with van der Waals surface area (Å²) in [7, 11) is 0. The Hall–Kier alpha value is -2.23. The SMILES string of the molecule is CC=C(C)C(=O)OC1(C)CC=CC(C2CC(N)NCC2CC(=O)N2CC(CC)C2)C12CC1CC3CCC(=O)OC3CC1O2. The van der Waals surface area contributed by atoms with Crippen LogP contribution in [0.3, 0.4) is 0 Å². The van der Waals surface area contributed by atoms with Crippen LogP contribution in [0.25, 0.3) is 0 Å². The minimum absolute atomic E-state index is 0.0779. The first-order valence-electron chi connectivity index (χ1n) is 16.7. The van der Waals surface area contributed by atoms with Crippen LogP contribution >= 0.6 is 0 Å². The molecule has 0 bridgehead atoms. The van der Waals surface area contributed by atoms with E-state index in [-0.39, 0.29) is 59.9 Å². The molecular formula is C34H51N3O6. The second kappa shape index (κ2) is 11.9. The molecule has 1 saturated carbocycles. The maximum Gasteiger partial charge on any atom is 0.334 e. The number of ether oxygens (including phenoxy) is 3. The van der Waals surface area contributed by atoms with E-state index in [1.807, 2.05) is 18.7 Å². The molecule has 0 aromatic rings. The Morgan fingerprint density at radius 3 is 2.74 bits per heavy atom. The van der Waals surface area contributed by atoms with Crippen molar-refractivity contribution in [3.63, 3.8) is 0 Å². The summed E-state index contributed by atoms with van der Waals surface area (Å²) in [5.74, 6) is 1.11. The topological polar surface area (TPSA) is 120 Å². The second-order valence-corrected chi connectivity index (χ2v) is 14.5. The highest BCUT2D eigenvalue weighted by atomic mass is 16.6. The number of allylic oxidation sites excluding steroid dienone is 1. The summed E-state index contributed by atoms with van der Waals surface area (Å²) in [6.07, 6.45) is 12.4. The Labute approximate surface area is 256 Å². The van der Waals surface area contributed by atoms with Gasteiger partial charge in [-0.2, -0.15) is 0 Å². The number of nitrogens with zero attached hydrogens (tertiary/aromatic N) is 1. The highest BCUT2D eigenvalue weighted by molar-refractivity contribution is 5.88. The van der Waals surface area contributed by atoms with Crippen LogP contribution in [0.4, 0.5) is 0 Å². The van der Waals surface area contributed by atoms with E-state index < -0.39 is 11.2 Å². The monoisotopic (exact) mass is 597 g/mol. The molecule has 43 heavy (non-hydrogen) atoms. The number of likely N-dealkylation sites (tertiary alicyclic amines) is 1. The number of piperidine rings is 1. The highest BCUT2D eigenvalue weighted by Crippen LogP contribution is 2.59. The van der Waals surface area contributed by atoms with Crippen molar-refractivity contribution in [3.05, 3.63) is 23.8 Å². The number of carbonyl (C=O) groups is 3. The van der Waals surface area contributed by atoms with E-state index in [1.165, 1.54) is 0 Å². The van der Waals surface area contributed by atoms with E-state index in [1.54, 1.807) is 13.0 Å². The number of hydrogen-bond donors (Lipinski definition) is 2. The molecule has 0 aromatic heterocycles. The van der Waals surface area contributed by atoms with Gasteiger partial charge in [0.25, 0.3) is 0 Å². The Morgan fingerprint density at radius 1 is 1.21 bits per heavy atom. The molecule has 10 atom stereocenters. The molecule has 10 unspecified atom stereocenters. The summed E-state index contributed by atoms with van der Waals surface area (Å²) in [5, 5.41) is 3.44. The first-order valence-corrected chi connectivity index (χ1v) is 16.7. The molecule has 9 nitrogen and oxygen atoms in total. The van der Waals surface area contributed by atoms with E-state index in [9.17, 15) is 14.4 Å². The predicted molar refractivity (Wildman–Crippen MR) is 161 cm³/mol. The molecule has 3 N–H and O–H groups in total. The van der Waals surface area contributed by atoms with Crippen LogP contribution in [0.1, 0.15) is 85.5 Å². The van der Waals surface area contributed by atoms with Gasteiger partial charge in [0, 0.05) is 56.8 Å². The van der Waals surface area contributed by atoms with E-state index >= 15 is 0 Å². The number of fused-ring (bicyclic) bond motifs is 2. The van der Waals surface area contributed by atoms with E-state index in [2.05, 4.69) is 24.4 Å². The third-order valence-corrected chi connectivity index (χ3v) is 12.0. The van der Waals surface area contributed by atoms with Crippen molar-refractivity contribution in [2.24, 2.45) is 41.2 Å². The Kier molecular flexibility index (Phi) is 8.54. The molecule has 2 aliphatic carbocycles. The lowest BCUT2D eigenvalue weighted by molar-refractivity contribution is -0.227. The molecular weight excluding hydrogens is 546 g/mol. The summed E-state index contributed by atoms with van der Waals surface area (Å²) in [4.78, 5) is 40.9. The van der Waals surface area contributed by atoms with Crippen LogP contribution in [0.15, 0.2) is 23.8 Å². The first-order chi connectivity index (χ1) is 20.6. The quantitative estimate of drug-likeness (QED) is 0.269. The second-order valence-electron chi connectivity index (χ2n) is 14.5. The zero-order valence-corrected chi connectivity index (χ0v) is 26.4. The number of esters is 2. The van der Waals surface area contributed by atoms with Gasteiger partial charge < -0.3 is 30.2 Å². The number of carbonyl (C=O) groups excluding carboxylic acids is 3. The van der Waals surface area contributed by atoms with Gasteiger partial charge in [-0.15, -0.1) is 0 Å². The standard InChI is InChI=1S/C34H51N3O6/c1-5-20(3)32(40)43-33(4)11-7-8-26(25-14-29(35)36-17-24(25)13-30(38)37-18-21(6-2)19-37)34(33)16-23-12-22-9-10-31(39)41-27(22)15-28(23)42-34/h5,7-8,21-29,36H,6,9-19,35H2,1-4H3.